The van der Waals surface area contributed by atoms with E-state index in [1.807, 2.05) is 33.4 Å². The Kier molecular flexibility index (Phi) is 15.7. The van der Waals surface area contributed by atoms with E-state index in [0.29, 0.717) is 60.4 Å². The van der Waals surface area contributed by atoms with Crippen LogP contribution in [0.3, 0.4) is 0 Å². The van der Waals surface area contributed by atoms with Crippen molar-refractivity contribution in [2.24, 2.45) is 10.8 Å². The number of nitrogens with zero attached hydrogens (tertiary/aromatic N) is 4. The van der Waals surface area contributed by atoms with E-state index < -0.39 is 22.8 Å². The average molecular weight is 941 g/mol. The van der Waals surface area contributed by atoms with E-state index in [9.17, 15) is 29.4 Å². The minimum absolute atomic E-state index is 0.0173. The Morgan fingerprint density at radius 1 is 0.588 bits per heavy atom. The zero-order valence-electron chi connectivity index (χ0n) is 40.9. The molecule has 2 aromatic carbocycles. The summed E-state index contributed by atoms with van der Waals surface area (Å²) in [7, 11) is 3.20. The Bertz CT molecular complexity index is 2400. The molecular formula is C52H68N4O12. The van der Waals surface area contributed by atoms with Gasteiger partial charge < -0.3 is 47.8 Å². The van der Waals surface area contributed by atoms with Crippen molar-refractivity contribution < 1.29 is 48.2 Å². The summed E-state index contributed by atoms with van der Waals surface area (Å²) in [6, 6.07) is 10.7. The minimum Gasteiger partial charge on any atom is -0.493 e. The Hall–Kier alpha value is -5.68. The number of benzene rings is 2. The van der Waals surface area contributed by atoms with Gasteiger partial charge in [0.2, 0.25) is 0 Å². The second-order valence-corrected chi connectivity index (χ2v) is 20.1. The first-order valence-electron chi connectivity index (χ1n) is 23.6. The Morgan fingerprint density at radius 3 is 1.28 bits per heavy atom. The third-order valence-corrected chi connectivity index (χ3v) is 13.4. The Balaban J connectivity index is 0.000000201. The van der Waals surface area contributed by atoms with Gasteiger partial charge in [-0.05, 0) is 71.9 Å². The van der Waals surface area contributed by atoms with Gasteiger partial charge in [-0.25, -0.2) is 9.59 Å². The van der Waals surface area contributed by atoms with E-state index in [1.165, 1.54) is 24.5 Å². The lowest BCUT2D eigenvalue weighted by Gasteiger charge is -2.39. The van der Waals surface area contributed by atoms with E-state index in [-0.39, 0.29) is 34.0 Å². The van der Waals surface area contributed by atoms with Crippen LogP contribution in [0, 0.1) is 10.8 Å². The number of carboxylic acids is 2. The van der Waals surface area contributed by atoms with Crippen LogP contribution in [0.5, 0.6) is 23.0 Å². The Morgan fingerprint density at radius 2 is 0.956 bits per heavy atom. The summed E-state index contributed by atoms with van der Waals surface area (Å²) in [5, 5.41) is 19.0. The normalized spacial score (nSPS) is 18.2. The predicted octanol–water partition coefficient (Wildman–Crippen LogP) is 6.93. The Labute approximate surface area is 398 Å². The molecule has 2 saturated heterocycles. The number of methoxy groups -OCH3 is 2. The SMILES string of the molecule is COc1cc2c(cc1OCCCN1CCOCC1)C[C@@H](C(C)(C)C)n1cc(C(=O)O)c(=O)cc1-2.COc1cc2c(cc1OCCCN1CCOCC1)C[C@H](C(C)(C)C)n1cc(C(=O)O)c(=O)cc1-2. The van der Waals surface area contributed by atoms with E-state index in [1.54, 1.807) is 14.2 Å². The summed E-state index contributed by atoms with van der Waals surface area (Å²) in [5.74, 6) is 0.151. The van der Waals surface area contributed by atoms with Gasteiger partial charge in [-0.15, -0.1) is 0 Å². The highest BCUT2D eigenvalue weighted by Gasteiger charge is 2.36. The summed E-state index contributed by atoms with van der Waals surface area (Å²) in [6.07, 6.45) is 6.18. The van der Waals surface area contributed by atoms with Crippen LogP contribution in [0.25, 0.3) is 22.5 Å². The van der Waals surface area contributed by atoms with Gasteiger partial charge in [0.25, 0.3) is 0 Å². The zero-order valence-corrected chi connectivity index (χ0v) is 40.9. The molecule has 6 heterocycles. The number of pyridine rings is 2. The fourth-order valence-electron chi connectivity index (χ4n) is 9.58. The van der Waals surface area contributed by atoms with E-state index in [0.717, 1.165) is 101 Å². The van der Waals surface area contributed by atoms with Gasteiger partial charge in [0.05, 0.1) is 65.2 Å². The third-order valence-electron chi connectivity index (χ3n) is 13.4. The van der Waals surface area contributed by atoms with Gasteiger partial charge in [0, 0.05) is 87.0 Å². The van der Waals surface area contributed by atoms with E-state index in [4.69, 9.17) is 28.4 Å². The predicted molar refractivity (Wildman–Crippen MR) is 258 cm³/mol. The topological polar surface area (TPSA) is 180 Å². The lowest BCUT2D eigenvalue weighted by Crippen LogP contribution is -2.37. The molecule has 368 valence electrons. The monoisotopic (exact) mass is 940 g/mol. The molecule has 2 N–H and O–H groups in total. The highest BCUT2D eigenvalue weighted by molar-refractivity contribution is 5.88. The second-order valence-electron chi connectivity index (χ2n) is 20.1. The van der Waals surface area contributed by atoms with Crippen molar-refractivity contribution in [3.05, 3.63) is 91.5 Å². The molecule has 68 heavy (non-hydrogen) atoms. The van der Waals surface area contributed by atoms with Crippen molar-refractivity contribution in [2.45, 2.75) is 79.3 Å². The lowest BCUT2D eigenvalue weighted by molar-refractivity contribution is 0.0357. The average Bonchev–Trinajstić information content (AvgIpc) is 3.30. The van der Waals surface area contributed by atoms with Crippen molar-refractivity contribution in [3.8, 4) is 45.5 Å². The van der Waals surface area contributed by atoms with Gasteiger partial charge >= 0.3 is 11.9 Å². The quantitative estimate of drug-likeness (QED) is 0.124. The smallest absolute Gasteiger partial charge is 0.341 e. The highest BCUT2D eigenvalue weighted by Crippen LogP contribution is 2.47. The molecule has 4 aliphatic rings. The summed E-state index contributed by atoms with van der Waals surface area (Å²) >= 11 is 0. The van der Waals surface area contributed by atoms with Crippen LogP contribution in [0.1, 0.15) is 98.3 Å². The zero-order chi connectivity index (χ0) is 48.9. The summed E-state index contributed by atoms with van der Waals surface area (Å²) in [4.78, 5) is 53.1. The van der Waals surface area contributed by atoms with Crippen molar-refractivity contribution in [1.82, 2.24) is 18.9 Å². The fraction of sp³-hybridized carbons (Fsp3) is 0.538. The van der Waals surface area contributed by atoms with Crippen LogP contribution in [0.15, 0.2) is 58.4 Å². The summed E-state index contributed by atoms with van der Waals surface area (Å²) in [5.41, 5.74) is 3.52. The van der Waals surface area contributed by atoms with Gasteiger partial charge in [0.15, 0.2) is 33.9 Å². The van der Waals surface area contributed by atoms with Crippen LogP contribution in [-0.4, -0.2) is 134 Å². The third kappa shape index (κ3) is 11.4. The number of rotatable bonds is 14. The van der Waals surface area contributed by atoms with E-state index >= 15 is 0 Å². The molecule has 16 heteroatoms. The molecule has 0 bridgehead atoms. The molecule has 2 aromatic heterocycles. The molecule has 4 aliphatic heterocycles. The molecule has 2 fully saturated rings. The molecule has 8 rings (SSSR count). The standard InChI is InChI=1S/2C26H34N2O6/c2*1-26(2,3)24-13-17-12-23(34-9-5-6-27-7-10-33-11-8-27)22(32-4)14-18(17)20-15-21(29)19(25(30)31)16-28(20)24/h2*12,14-16,24H,5-11,13H2,1-4H3,(H,30,31)/t2*24-/m10/s1. The minimum atomic E-state index is -1.21. The van der Waals surface area contributed by atoms with Crippen molar-refractivity contribution in [2.75, 3.05) is 93.1 Å². The molecule has 0 unspecified atom stereocenters. The van der Waals surface area contributed by atoms with Crippen LogP contribution in [0.2, 0.25) is 0 Å². The first-order valence-corrected chi connectivity index (χ1v) is 23.6. The second kappa shape index (κ2) is 21.3. The lowest BCUT2D eigenvalue weighted by atomic mass is 9.78. The van der Waals surface area contributed by atoms with Crippen molar-refractivity contribution in [3.63, 3.8) is 0 Å². The van der Waals surface area contributed by atoms with Crippen LogP contribution in [-0.2, 0) is 22.3 Å². The molecule has 0 spiro atoms. The van der Waals surface area contributed by atoms with Crippen LogP contribution >= 0.6 is 0 Å². The number of morpholine rings is 2. The number of carbonyl (C=O) groups is 2. The number of fused-ring (bicyclic) bond motifs is 6. The van der Waals surface area contributed by atoms with Crippen molar-refractivity contribution in [1.29, 1.82) is 0 Å². The summed E-state index contributed by atoms with van der Waals surface area (Å²) in [6.45, 7) is 22.8. The van der Waals surface area contributed by atoms with Gasteiger partial charge in [-0.3, -0.25) is 19.4 Å². The maximum atomic E-state index is 12.6. The molecule has 0 saturated carbocycles. The van der Waals surface area contributed by atoms with Gasteiger partial charge in [0.1, 0.15) is 11.1 Å². The first kappa shape index (κ1) is 50.2. The fourth-order valence-corrected chi connectivity index (χ4v) is 9.58. The van der Waals surface area contributed by atoms with Gasteiger partial charge in [-0.2, -0.15) is 0 Å². The first-order chi connectivity index (χ1) is 32.4. The van der Waals surface area contributed by atoms with Crippen LogP contribution in [0.4, 0.5) is 0 Å². The largest absolute Gasteiger partial charge is 0.493 e. The number of carboxylic acid groups (broad SMARTS) is 2. The maximum absolute atomic E-state index is 12.6. The number of ether oxygens (including phenoxy) is 6. The molecule has 0 radical (unpaired) electrons. The molecule has 4 aromatic rings. The number of hydrogen-bond acceptors (Lipinski definition) is 12. The number of hydrogen-bond donors (Lipinski definition) is 2. The van der Waals surface area contributed by atoms with Crippen LogP contribution < -0.4 is 29.8 Å². The molecule has 0 amide bonds. The molecule has 16 nitrogen and oxygen atoms in total. The number of aromatic nitrogens is 2. The van der Waals surface area contributed by atoms with Crippen molar-refractivity contribution >= 4 is 11.9 Å². The number of aromatic carboxylic acids is 2. The molecule has 2 atom stereocenters. The molecule has 0 aliphatic carbocycles. The summed E-state index contributed by atoms with van der Waals surface area (Å²) < 4.78 is 38.2. The van der Waals surface area contributed by atoms with Gasteiger partial charge in [-0.1, -0.05) is 41.5 Å². The maximum Gasteiger partial charge on any atom is 0.341 e. The molecular weight excluding hydrogens is 873 g/mol. The van der Waals surface area contributed by atoms with E-state index in [2.05, 4.69) is 51.3 Å². The highest BCUT2D eigenvalue weighted by atomic mass is 16.5.